The number of hydrogen-bond acceptors (Lipinski definition) is 4. The number of piperidine rings is 1. The summed E-state index contributed by atoms with van der Waals surface area (Å²) in [5.74, 6) is 0.244. The van der Waals surface area contributed by atoms with E-state index in [0.29, 0.717) is 37.4 Å². The molecule has 0 aliphatic carbocycles. The van der Waals surface area contributed by atoms with Crippen molar-refractivity contribution in [3.8, 4) is 5.75 Å². The van der Waals surface area contributed by atoms with Crippen LogP contribution >= 0.6 is 23.2 Å². The van der Waals surface area contributed by atoms with Crippen LogP contribution in [-0.4, -0.2) is 45.4 Å². The fraction of sp³-hybridized carbons (Fsp3) is 0.381. The van der Waals surface area contributed by atoms with Gasteiger partial charge in [0.2, 0.25) is 15.9 Å². The van der Waals surface area contributed by atoms with E-state index in [1.54, 1.807) is 7.11 Å². The summed E-state index contributed by atoms with van der Waals surface area (Å²) >= 11 is 12.0. The topological polar surface area (TPSA) is 75.7 Å². The molecule has 1 saturated heterocycles. The highest BCUT2D eigenvalue weighted by Crippen LogP contribution is 2.30. The van der Waals surface area contributed by atoms with Gasteiger partial charge in [0.15, 0.2) is 0 Å². The standard InChI is InChI=1S/C21H24Cl2N2O4S/c1-29-18-7-4-15(5-8-18)10-11-24-21(26)16-3-2-12-25(14-16)30(27,28)20-13-17(22)6-9-19(20)23/h4-9,13,16H,2-3,10-12,14H2,1H3,(H,24,26)/t16-/m1/s1. The van der Waals surface area contributed by atoms with Crippen LogP contribution in [0.2, 0.25) is 10.0 Å². The molecule has 1 heterocycles. The lowest BCUT2D eigenvalue weighted by molar-refractivity contribution is -0.126. The highest BCUT2D eigenvalue weighted by atomic mass is 35.5. The monoisotopic (exact) mass is 470 g/mol. The number of carbonyl (C=O) groups excluding carboxylic acids is 1. The Morgan fingerprint density at radius 3 is 2.63 bits per heavy atom. The molecule has 2 aromatic carbocycles. The predicted molar refractivity (Wildman–Crippen MR) is 118 cm³/mol. The van der Waals surface area contributed by atoms with Gasteiger partial charge in [0, 0.05) is 24.7 Å². The molecule has 1 atom stereocenters. The Kier molecular flexibility index (Phi) is 7.63. The van der Waals surface area contributed by atoms with Crippen LogP contribution in [0, 0.1) is 5.92 Å². The minimum Gasteiger partial charge on any atom is -0.497 e. The van der Waals surface area contributed by atoms with Crippen molar-refractivity contribution in [3.05, 3.63) is 58.1 Å². The maximum Gasteiger partial charge on any atom is 0.244 e. The summed E-state index contributed by atoms with van der Waals surface area (Å²) in [6, 6.07) is 12.0. The number of hydrogen-bond donors (Lipinski definition) is 1. The minimum absolute atomic E-state index is 0.0303. The Labute approximate surface area is 187 Å². The molecular weight excluding hydrogens is 447 g/mol. The van der Waals surface area contributed by atoms with Crippen molar-refractivity contribution in [3.63, 3.8) is 0 Å². The van der Waals surface area contributed by atoms with E-state index in [9.17, 15) is 13.2 Å². The molecule has 1 amide bonds. The Hall–Kier alpha value is -1.80. The second kappa shape index (κ2) is 10.0. The summed E-state index contributed by atoms with van der Waals surface area (Å²) in [4.78, 5) is 12.6. The zero-order valence-electron chi connectivity index (χ0n) is 16.6. The van der Waals surface area contributed by atoms with Gasteiger partial charge < -0.3 is 10.1 Å². The van der Waals surface area contributed by atoms with E-state index in [2.05, 4.69) is 5.32 Å². The molecule has 0 saturated carbocycles. The van der Waals surface area contributed by atoms with Gasteiger partial charge in [-0.1, -0.05) is 35.3 Å². The van der Waals surface area contributed by atoms with E-state index < -0.39 is 15.9 Å². The zero-order chi connectivity index (χ0) is 21.7. The van der Waals surface area contributed by atoms with Crippen molar-refractivity contribution < 1.29 is 17.9 Å². The second-order valence-corrected chi connectivity index (χ2v) is 9.92. The quantitative estimate of drug-likeness (QED) is 0.668. The van der Waals surface area contributed by atoms with Gasteiger partial charge in [-0.25, -0.2) is 8.42 Å². The molecule has 0 aromatic heterocycles. The lowest BCUT2D eigenvalue weighted by atomic mass is 9.99. The zero-order valence-corrected chi connectivity index (χ0v) is 18.9. The lowest BCUT2D eigenvalue weighted by Gasteiger charge is -2.31. The summed E-state index contributed by atoms with van der Waals surface area (Å²) in [5.41, 5.74) is 1.08. The summed E-state index contributed by atoms with van der Waals surface area (Å²) in [7, 11) is -2.21. The van der Waals surface area contributed by atoms with E-state index in [0.717, 1.165) is 11.3 Å². The van der Waals surface area contributed by atoms with Crippen molar-refractivity contribution in [1.29, 1.82) is 0 Å². The number of carbonyl (C=O) groups is 1. The SMILES string of the molecule is COc1ccc(CCNC(=O)[C@@H]2CCCN(S(=O)(=O)c3cc(Cl)ccc3Cl)C2)cc1. The highest BCUT2D eigenvalue weighted by molar-refractivity contribution is 7.89. The van der Waals surface area contributed by atoms with Gasteiger partial charge in [0.25, 0.3) is 0 Å². The first-order chi connectivity index (χ1) is 14.3. The maximum atomic E-state index is 13.0. The molecule has 9 heteroatoms. The van der Waals surface area contributed by atoms with Crippen molar-refractivity contribution >= 4 is 39.1 Å². The molecular formula is C21H24Cl2N2O4S. The number of methoxy groups -OCH3 is 1. The Morgan fingerprint density at radius 1 is 1.20 bits per heavy atom. The number of nitrogens with one attached hydrogen (secondary N) is 1. The van der Waals surface area contributed by atoms with Crippen molar-refractivity contribution in [2.45, 2.75) is 24.2 Å². The van der Waals surface area contributed by atoms with E-state index in [1.807, 2.05) is 24.3 Å². The molecule has 30 heavy (non-hydrogen) atoms. The van der Waals surface area contributed by atoms with Crippen LogP contribution in [0.15, 0.2) is 47.4 Å². The molecule has 1 aliphatic rings. The fourth-order valence-corrected chi connectivity index (χ4v) is 5.72. The van der Waals surface area contributed by atoms with Gasteiger partial charge >= 0.3 is 0 Å². The highest BCUT2D eigenvalue weighted by Gasteiger charge is 2.34. The normalized spacial score (nSPS) is 17.5. The number of amides is 1. The Bertz CT molecular complexity index is 997. The second-order valence-electron chi connectivity index (χ2n) is 7.17. The lowest BCUT2D eigenvalue weighted by Crippen LogP contribution is -2.45. The summed E-state index contributed by atoms with van der Waals surface area (Å²) in [6.45, 7) is 0.953. The summed E-state index contributed by atoms with van der Waals surface area (Å²) in [5, 5.41) is 3.33. The van der Waals surface area contributed by atoms with Crippen molar-refractivity contribution in [1.82, 2.24) is 9.62 Å². The van der Waals surface area contributed by atoms with Gasteiger partial charge in [0.05, 0.1) is 18.1 Å². The first kappa shape index (κ1) is 22.9. The number of benzene rings is 2. The third-order valence-corrected chi connectivity index (χ3v) is 7.72. The molecule has 0 unspecified atom stereocenters. The molecule has 0 bridgehead atoms. The Morgan fingerprint density at radius 2 is 1.93 bits per heavy atom. The molecule has 6 nitrogen and oxygen atoms in total. The molecule has 2 aromatic rings. The number of sulfonamides is 1. The van der Waals surface area contributed by atoms with Crippen molar-refractivity contribution in [2.75, 3.05) is 26.7 Å². The van der Waals surface area contributed by atoms with Gasteiger partial charge in [-0.05, 0) is 55.2 Å². The predicted octanol–water partition coefficient (Wildman–Crippen LogP) is 3.76. The van der Waals surface area contributed by atoms with Crippen LogP contribution in [0.25, 0.3) is 0 Å². The van der Waals surface area contributed by atoms with E-state index in [4.69, 9.17) is 27.9 Å². The third-order valence-electron chi connectivity index (χ3n) is 5.14. The van der Waals surface area contributed by atoms with Crippen molar-refractivity contribution in [2.24, 2.45) is 5.92 Å². The number of nitrogens with zero attached hydrogens (tertiary/aromatic N) is 1. The van der Waals surface area contributed by atoms with Crippen LogP contribution in [0.1, 0.15) is 18.4 Å². The fourth-order valence-electron chi connectivity index (χ4n) is 3.46. The Balaban J connectivity index is 1.59. The molecule has 1 fully saturated rings. The molecule has 1 aliphatic heterocycles. The van der Waals surface area contributed by atoms with E-state index in [1.165, 1.54) is 22.5 Å². The van der Waals surface area contributed by atoms with Gasteiger partial charge in [-0.15, -0.1) is 0 Å². The van der Waals surface area contributed by atoms with Gasteiger partial charge in [0.1, 0.15) is 10.6 Å². The smallest absolute Gasteiger partial charge is 0.244 e. The molecule has 1 N–H and O–H groups in total. The number of ether oxygens (including phenoxy) is 1. The summed E-state index contributed by atoms with van der Waals surface area (Å²) < 4.78 is 32.5. The molecule has 0 spiro atoms. The van der Waals surface area contributed by atoms with Crippen LogP contribution in [0.4, 0.5) is 0 Å². The first-order valence-corrected chi connectivity index (χ1v) is 11.9. The first-order valence-electron chi connectivity index (χ1n) is 9.67. The maximum absolute atomic E-state index is 13.0. The molecule has 0 radical (unpaired) electrons. The van der Waals surface area contributed by atoms with Gasteiger partial charge in [-0.3, -0.25) is 4.79 Å². The number of rotatable bonds is 7. The van der Waals surface area contributed by atoms with E-state index >= 15 is 0 Å². The van der Waals surface area contributed by atoms with Crippen LogP contribution < -0.4 is 10.1 Å². The average molecular weight is 471 g/mol. The minimum atomic E-state index is -3.83. The van der Waals surface area contributed by atoms with Gasteiger partial charge in [-0.2, -0.15) is 4.31 Å². The molecule has 162 valence electrons. The van der Waals surface area contributed by atoms with E-state index in [-0.39, 0.29) is 22.4 Å². The van der Waals surface area contributed by atoms with Crippen LogP contribution in [0.5, 0.6) is 5.75 Å². The number of halogens is 2. The van der Waals surface area contributed by atoms with Crippen LogP contribution in [0.3, 0.4) is 0 Å². The third kappa shape index (κ3) is 5.46. The molecule has 3 rings (SSSR count). The largest absolute Gasteiger partial charge is 0.497 e. The summed E-state index contributed by atoms with van der Waals surface area (Å²) in [6.07, 6.45) is 1.93. The average Bonchev–Trinajstić information content (AvgIpc) is 2.76. The van der Waals surface area contributed by atoms with Crippen LogP contribution in [-0.2, 0) is 21.2 Å².